The van der Waals surface area contributed by atoms with Gasteiger partial charge in [0.05, 0.1) is 6.04 Å². The van der Waals surface area contributed by atoms with Crippen molar-refractivity contribution in [1.29, 1.82) is 0 Å². The molecule has 0 rings (SSSR count). The summed E-state index contributed by atoms with van der Waals surface area (Å²) in [6.45, 7) is 2.14. The van der Waals surface area contributed by atoms with Crippen molar-refractivity contribution in [2.45, 2.75) is 25.8 Å². The largest absolute Gasteiger partial charge is 0.347 e. The van der Waals surface area contributed by atoms with Gasteiger partial charge in [0.15, 0.2) is 0 Å². The minimum Gasteiger partial charge on any atom is -0.347 e. The van der Waals surface area contributed by atoms with Gasteiger partial charge in [-0.3, -0.25) is 4.79 Å². The molecule has 0 aromatic heterocycles. The third kappa shape index (κ3) is 5.54. The molecule has 4 heteroatoms. The van der Waals surface area contributed by atoms with Crippen LogP contribution in [0.3, 0.4) is 0 Å². The molecule has 0 aliphatic heterocycles. The molecule has 0 radical (unpaired) electrons. The van der Waals surface area contributed by atoms with Crippen molar-refractivity contribution in [1.82, 2.24) is 5.32 Å². The number of hydrogen-bond acceptors (Lipinski definition) is 3. The van der Waals surface area contributed by atoms with Gasteiger partial charge in [-0.25, -0.2) is 0 Å². The number of rotatable bonds is 5. The first-order chi connectivity index (χ1) is 5.20. The quantitative estimate of drug-likeness (QED) is 0.526. The molecule has 0 aliphatic carbocycles. The van der Waals surface area contributed by atoms with Crippen molar-refractivity contribution < 1.29 is 9.59 Å². The molecular weight excluding hydrogens is 144 g/mol. The molecule has 0 heterocycles. The number of amides is 1. The molecule has 0 aromatic carbocycles. The molecule has 1 atom stereocenters. The van der Waals surface area contributed by atoms with Crippen molar-refractivity contribution in [2.75, 3.05) is 6.54 Å². The lowest BCUT2D eigenvalue weighted by Gasteiger charge is -2.05. The fourth-order valence-corrected chi connectivity index (χ4v) is 0.623. The predicted octanol–water partition coefficient (Wildman–Crippen LogP) is -0.571. The highest BCUT2D eigenvalue weighted by Crippen LogP contribution is 1.86. The summed E-state index contributed by atoms with van der Waals surface area (Å²) >= 11 is 0. The molecule has 0 saturated heterocycles. The average Bonchev–Trinajstić information content (AvgIpc) is 2.00. The normalized spacial score (nSPS) is 12.2. The van der Waals surface area contributed by atoms with E-state index in [9.17, 15) is 9.59 Å². The first kappa shape index (κ1) is 10.1. The maximum absolute atomic E-state index is 10.8. The summed E-state index contributed by atoms with van der Waals surface area (Å²) in [6.07, 6.45) is 1.76. The molecule has 1 unspecified atom stereocenters. The molecule has 0 aromatic rings. The number of aldehydes is 1. The second kappa shape index (κ2) is 5.85. The van der Waals surface area contributed by atoms with E-state index in [1.54, 1.807) is 6.92 Å². The Kier molecular flexibility index (Phi) is 5.37. The Bertz CT molecular complexity index is 136. The van der Waals surface area contributed by atoms with E-state index in [2.05, 4.69) is 5.32 Å². The molecule has 64 valence electrons. The zero-order valence-electron chi connectivity index (χ0n) is 6.67. The highest BCUT2D eigenvalue weighted by molar-refractivity contribution is 5.79. The fraction of sp³-hybridized carbons (Fsp3) is 0.714. The summed E-state index contributed by atoms with van der Waals surface area (Å²) in [5.74, 6) is -0.116. The Hall–Kier alpha value is -0.900. The van der Waals surface area contributed by atoms with E-state index in [0.29, 0.717) is 25.7 Å². The lowest BCUT2D eigenvalue weighted by atomic mass is 10.3. The fourth-order valence-electron chi connectivity index (χ4n) is 0.623. The maximum Gasteiger partial charge on any atom is 0.220 e. The van der Waals surface area contributed by atoms with Gasteiger partial charge in [-0.1, -0.05) is 0 Å². The summed E-state index contributed by atoms with van der Waals surface area (Å²) in [6, 6.07) is -0.389. The zero-order chi connectivity index (χ0) is 8.69. The number of nitrogens with one attached hydrogen (secondary N) is 1. The molecule has 1 amide bonds. The van der Waals surface area contributed by atoms with Gasteiger partial charge >= 0.3 is 0 Å². The Morgan fingerprint density at radius 2 is 2.36 bits per heavy atom. The zero-order valence-corrected chi connectivity index (χ0v) is 6.67. The lowest BCUT2D eigenvalue weighted by Crippen LogP contribution is -2.33. The molecule has 0 aliphatic rings. The summed E-state index contributed by atoms with van der Waals surface area (Å²) in [4.78, 5) is 20.9. The van der Waals surface area contributed by atoms with E-state index >= 15 is 0 Å². The minimum absolute atomic E-state index is 0.116. The number of carbonyl (C=O) groups excluding carboxylic acids is 2. The first-order valence-corrected chi connectivity index (χ1v) is 3.65. The third-order valence-corrected chi connectivity index (χ3v) is 1.20. The lowest BCUT2D eigenvalue weighted by molar-refractivity contribution is -0.123. The summed E-state index contributed by atoms with van der Waals surface area (Å²) in [7, 11) is 0. The van der Waals surface area contributed by atoms with Crippen LogP contribution in [0.2, 0.25) is 0 Å². The average molecular weight is 158 g/mol. The van der Waals surface area contributed by atoms with E-state index < -0.39 is 0 Å². The molecule has 0 saturated carbocycles. The van der Waals surface area contributed by atoms with Gasteiger partial charge in [-0.2, -0.15) is 0 Å². The summed E-state index contributed by atoms with van der Waals surface area (Å²) < 4.78 is 0. The van der Waals surface area contributed by atoms with Gasteiger partial charge < -0.3 is 15.8 Å². The van der Waals surface area contributed by atoms with Crippen LogP contribution in [0.5, 0.6) is 0 Å². The standard InChI is InChI=1S/C7H14N2O2/c1-6(5-10)9-7(11)3-2-4-8/h5-6H,2-4,8H2,1H3,(H,9,11). The van der Waals surface area contributed by atoms with E-state index in [1.807, 2.05) is 0 Å². The number of carbonyl (C=O) groups is 2. The topological polar surface area (TPSA) is 72.2 Å². The van der Waals surface area contributed by atoms with Gasteiger partial charge in [0.25, 0.3) is 0 Å². The van der Waals surface area contributed by atoms with E-state index in [-0.39, 0.29) is 11.9 Å². The summed E-state index contributed by atoms with van der Waals surface area (Å²) in [5.41, 5.74) is 5.19. The Morgan fingerprint density at radius 3 is 2.82 bits per heavy atom. The Balaban J connectivity index is 3.43. The highest BCUT2D eigenvalue weighted by Gasteiger charge is 2.03. The predicted molar refractivity (Wildman–Crippen MR) is 42.0 cm³/mol. The second-order valence-corrected chi connectivity index (χ2v) is 2.38. The van der Waals surface area contributed by atoms with Crippen LogP contribution >= 0.6 is 0 Å². The van der Waals surface area contributed by atoms with Crippen molar-refractivity contribution in [3.63, 3.8) is 0 Å². The van der Waals surface area contributed by atoms with Crippen LogP contribution in [0, 0.1) is 0 Å². The second-order valence-electron chi connectivity index (χ2n) is 2.38. The van der Waals surface area contributed by atoms with Crippen molar-refractivity contribution in [3.8, 4) is 0 Å². The molecule has 0 spiro atoms. The maximum atomic E-state index is 10.8. The monoisotopic (exact) mass is 158 g/mol. The summed E-state index contributed by atoms with van der Waals surface area (Å²) in [5, 5.41) is 2.50. The minimum atomic E-state index is -0.389. The number of hydrogen-bond donors (Lipinski definition) is 2. The molecular formula is C7H14N2O2. The van der Waals surface area contributed by atoms with E-state index in [4.69, 9.17) is 5.73 Å². The molecule has 3 N–H and O–H groups in total. The molecule has 11 heavy (non-hydrogen) atoms. The van der Waals surface area contributed by atoms with Gasteiger partial charge in [0, 0.05) is 6.42 Å². The van der Waals surface area contributed by atoms with Crippen LogP contribution in [0.15, 0.2) is 0 Å². The molecule has 0 bridgehead atoms. The Morgan fingerprint density at radius 1 is 1.73 bits per heavy atom. The molecule has 0 fully saturated rings. The molecule has 4 nitrogen and oxygen atoms in total. The number of nitrogens with two attached hydrogens (primary N) is 1. The van der Waals surface area contributed by atoms with Crippen molar-refractivity contribution >= 4 is 12.2 Å². The van der Waals surface area contributed by atoms with E-state index in [1.165, 1.54) is 0 Å². The van der Waals surface area contributed by atoms with Crippen molar-refractivity contribution in [2.24, 2.45) is 5.73 Å². The Labute approximate surface area is 66.1 Å². The first-order valence-electron chi connectivity index (χ1n) is 3.65. The van der Waals surface area contributed by atoms with Gasteiger partial charge in [0.2, 0.25) is 5.91 Å². The van der Waals surface area contributed by atoms with E-state index in [0.717, 1.165) is 0 Å². The van der Waals surface area contributed by atoms with Gasteiger partial charge in [0.1, 0.15) is 6.29 Å². The third-order valence-electron chi connectivity index (χ3n) is 1.20. The van der Waals surface area contributed by atoms with Gasteiger partial charge in [-0.15, -0.1) is 0 Å². The van der Waals surface area contributed by atoms with Crippen molar-refractivity contribution in [3.05, 3.63) is 0 Å². The van der Waals surface area contributed by atoms with Crippen LogP contribution in [0.4, 0.5) is 0 Å². The van der Waals surface area contributed by atoms with Crippen LogP contribution in [0.1, 0.15) is 19.8 Å². The van der Waals surface area contributed by atoms with Crippen LogP contribution < -0.4 is 11.1 Å². The SMILES string of the molecule is CC(C=O)NC(=O)CCCN. The van der Waals surface area contributed by atoms with Crippen LogP contribution in [0.25, 0.3) is 0 Å². The van der Waals surface area contributed by atoms with Crippen LogP contribution in [-0.2, 0) is 9.59 Å². The highest BCUT2D eigenvalue weighted by atomic mass is 16.2. The smallest absolute Gasteiger partial charge is 0.220 e. The van der Waals surface area contributed by atoms with Crippen LogP contribution in [-0.4, -0.2) is 24.8 Å². The van der Waals surface area contributed by atoms with Gasteiger partial charge in [-0.05, 0) is 19.9 Å².